The Balaban J connectivity index is 0.000000111. The van der Waals surface area contributed by atoms with Gasteiger partial charge in [-0.1, -0.05) is 400 Å². The Labute approximate surface area is 870 Å². The molecule has 0 aliphatic rings. The summed E-state index contributed by atoms with van der Waals surface area (Å²) in [6.45, 7) is 0. The Bertz CT molecular complexity index is 10000. The summed E-state index contributed by atoms with van der Waals surface area (Å²) in [6, 6.07) is 215. The van der Waals surface area contributed by atoms with Gasteiger partial charge in [-0.05, 0) is 294 Å². The second kappa shape index (κ2) is 38.6. The highest BCUT2D eigenvalue weighted by Gasteiger charge is 2.25. The predicted molar refractivity (Wildman–Crippen MR) is 635 cm³/mol. The highest BCUT2D eigenvalue weighted by Crippen LogP contribution is 2.47. The van der Waals surface area contributed by atoms with Gasteiger partial charge < -0.3 is 27.7 Å². The first kappa shape index (κ1) is 89.0. The van der Waals surface area contributed by atoms with E-state index in [1.807, 2.05) is 0 Å². The molecular formula is C144H98N6. The zero-order chi connectivity index (χ0) is 99.3. The highest BCUT2D eigenvalue weighted by atomic mass is 15.1. The number of aromatic nitrogens is 5. The van der Waals surface area contributed by atoms with Crippen LogP contribution in [0.3, 0.4) is 0 Å². The molecule has 5 aromatic heterocycles. The topological polar surface area (TPSA) is 27.9 Å². The van der Waals surface area contributed by atoms with Crippen LogP contribution in [0.25, 0.3) is 238 Å². The Kier molecular flexibility index (Phi) is 22.9. The summed E-state index contributed by atoms with van der Waals surface area (Å²) in [5, 5.41) is 12.5. The molecule has 5 heterocycles. The van der Waals surface area contributed by atoms with Crippen LogP contribution in [-0.4, -0.2) is 22.8 Å². The number of benzene rings is 24. The summed E-state index contributed by atoms with van der Waals surface area (Å²) >= 11 is 0. The van der Waals surface area contributed by atoms with Crippen molar-refractivity contribution in [2.75, 3.05) is 4.90 Å². The molecular weight excluding hydrogens is 1810 g/mol. The Morgan fingerprint density at radius 3 is 0.680 bits per heavy atom. The minimum Gasteiger partial charge on any atom is -0.311 e. The Morgan fingerprint density at radius 1 is 0.107 bits per heavy atom. The fourth-order valence-corrected chi connectivity index (χ4v) is 22.7. The van der Waals surface area contributed by atoms with E-state index < -0.39 is 0 Å². The molecule has 0 aliphatic carbocycles. The van der Waals surface area contributed by atoms with Crippen LogP contribution >= 0.6 is 0 Å². The molecule has 150 heavy (non-hydrogen) atoms. The maximum absolute atomic E-state index is 2.42. The molecule has 0 aliphatic heterocycles. The predicted octanol–water partition coefficient (Wildman–Crippen LogP) is 39.0. The lowest BCUT2D eigenvalue weighted by Gasteiger charge is -2.25. The van der Waals surface area contributed by atoms with E-state index >= 15 is 0 Å². The van der Waals surface area contributed by atoms with Gasteiger partial charge in [-0.3, -0.25) is 0 Å². The van der Waals surface area contributed by atoms with Gasteiger partial charge in [0.05, 0.1) is 55.2 Å². The largest absolute Gasteiger partial charge is 0.311 e. The molecule has 0 N–H and O–H groups in total. The second-order valence-corrected chi connectivity index (χ2v) is 38.6. The molecule has 0 saturated carbocycles. The molecule has 0 saturated heterocycles. The van der Waals surface area contributed by atoms with Gasteiger partial charge in [0.1, 0.15) is 0 Å². The standard InChI is InChI=1S/2C48H32N2.C48H34N2/c1-4-13-33(14-5-1)35-17-12-20-40(29-35)50-47-26-23-36(34-15-6-2-7-16-34)30-43(47)44-32-38(25-28-48(44)50)37-24-27-46-42(31-37)41-21-10-11-22-45(41)49(46)39-18-8-3-9-19-39;1-3-12-33(13-4-1)34-22-24-35(25-23-34)36-26-29-39(30-27-36)50-45-20-10-8-17-42(45)48-40(18-11-21-47(48)50)37-28-31-46-43(32-37)41-16-7-9-19-44(41)49(46)38-14-5-2-6-15-38;1-5-13-35(14-6-1)37-21-29-44(30-22-37)50-47-31-25-39(36-15-7-2-8-16-36)33-45(47)46-34-40(26-32-48(46)50)38-23-27-43(28-24-38)49(41-17-9-3-10-18-41)42-19-11-4-12-20-42/h2*1-32H;1-34H. The van der Waals surface area contributed by atoms with Crippen molar-refractivity contribution in [3.63, 3.8) is 0 Å². The van der Waals surface area contributed by atoms with E-state index in [0.717, 1.165) is 34.1 Å². The van der Waals surface area contributed by atoms with E-state index in [1.54, 1.807) is 0 Å². The highest BCUT2D eigenvalue weighted by molar-refractivity contribution is 6.19. The average Bonchev–Trinajstić information content (AvgIpc) is 1.54. The quantitative estimate of drug-likeness (QED) is 0.0893. The van der Waals surface area contributed by atoms with Crippen LogP contribution in [0.2, 0.25) is 0 Å². The van der Waals surface area contributed by atoms with Crippen molar-refractivity contribution in [1.82, 2.24) is 22.8 Å². The fourth-order valence-electron chi connectivity index (χ4n) is 22.7. The van der Waals surface area contributed by atoms with E-state index in [1.165, 1.54) is 221 Å². The van der Waals surface area contributed by atoms with Crippen molar-refractivity contribution >= 4 is 126 Å². The van der Waals surface area contributed by atoms with Gasteiger partial charge in [-0.25, -0.2) is 0 Å². The van der Waals surface area contributed by atoms with E-state index in [4.69, 9.17) is 0 Å². The molecule has 29 rings (SSSR count). The molecule has 0 bridgehead atoms. The maximum Gasteiger partial charge on any atom is 0.0547 e. The molecule has 0 unspecified atom stereocenters. The van der Waals surface area contributed by atoms with E-state index in [9.17, 15) is 0 Å². The first-order valence-corrected chi connectivity index (χ1v) is 51.5. The second-order valence-electron chi connectivity index (χ2n) is 38.6. The summed E-state index contributed by atoms with van der Waals surface area (Å²) < 4.78 is 12.0. The third kappa shape index (κ3) is 16.4. The third-order valence-corrected chi connectivity index (χ3v) is 29.8. The number of anilines is 3. The number of para-hydroxylation sites is 7. The van der Waals surface area contributed by atoms with Crippen molar-refractivity contribution in [3.8, 4) is 129 Å². The summed E-state index contributed by atoms with van der Waals surface area (Å²) in [5.74, 6) is 0. The Hall–Kier alpha value is -19.9. The average molecular weight is 1910 g/mol. The molecule has 0 spiro atoms. The normalized spacial score (nSPS) is 11.5. The molecule has 704 valence electrons. The zero-order valence-corrected chi connectivity index (χ0v) is 82.3. The molecule has 6 heteroatoms. The molecule has 0 amide bonds. The maximum atomic E-state index is 2.42. The van der Waals surface area contributed by atoms with Crippen molar-refractivity contribution in [2.24, 2.45) is 0 Å². The van der Waals surface area contributed by atoms with Crippen molar-refractivity contribution in [3.05, 3.63) is 595 Å². The third-order valence-electron chi connectivity index (χ3n) is 29.8. The summed E-state index contributed by atoms with van der Waals surface area (Å²) in [4.78, 5) is 2.30. The van der Waals surface area contributed by atoms with E-state index in [-0.39, 0.29) is 0 Å². The van der Waals surface area contributed by atoms with Crippen LogP contribution in [0.1, 0.15) is 0 Å². The van der Waals surface area contributed by atoms with Crippen LogP contribution in [-0.2, 0) is 0 Å². The molecule has 29 aromatic rings. The van der Waals surface area contributed by atoms with Crippen LogP contribution in [0, 0.1) is 0 Å². The van der Waals surface area contributed by atoms with Gasteiger partial charge in [-0.2, -0.15) is 0 Å². The smallest absolute Gasteiger partial charge is 0.0547 e. The molecule has 0 radical (unpaired) electrons. The fraction of sp³-hybridized carbons (Fsp3) is 0. The minimum absolute atomic E-state index is 1.12. The van der Waals surface area contributed by atoms with Gasteiger partial charge in [0.25, 0.3) is 0 Å². The monoisotopic (exact) mass is 1910 g/mol. The number of hydrogen-bond acceptors (Lipinski definition) is 1. The van der Waals surface area contributed by atoms with Crippen molar-refractivity contribution in [1.29, 1.82) is 0 Å². The van der Waals surface area contributed by atoms with Crippen LogP contribution in [0.15, 0.2) is 595 Å². The lowest BCUT2D eigenvalue weighted by atomic mass is 9.98. The number of rotatable bonds is 17. The first-order valence-electron chi connectivity index (χ1n) is 51.5. The number of nitrogens with zero attached hydrogens (tertiary/aromatic N) is 6. The summed E-state index contributed by atoms with van der Waals surface area (Å²) in [7, 11) is 0. The Morgan fingerprint density at radius 2 is 0.307 bits per heavy atom. The molecule has 0 atom stereocenters. The van der Waals surface area contributed by atoms with Gasteiger partial charge in [0.2, 0.25) is 0 Å². The van der Waals surface area contributed by atoms with Crippen LogP contribution in [0.4, 0.5) is 17.1 Å². The number of fused-ring (bicyclic) bond motifs is 15. The first-order chi connectivity index (χ1) is 74.4. The van der Waals surface area contributed by atoms with Gasteiger partial charge in [-0.15, -0.1) is 0 Å². The number of hydrogen-bond donors (Lipinski definition) is 0. The molecule has 24 aromatic carbocycles. The van der Waals surface area contributed by atoms with E-state index in [2.05, 4.69) is 622 Å². The van der Waals surface area contributed by atoms with Crippen LogP contribution in [0.5, 0.6) is 0 Å². The summed E-state index contributed by atoms with van der Waals surface area (Å²) in [6.07, 6.45) is 0. The molecule has 6 nitrogen and oxygen atoms in total. The summed E-state index contributed by atoms with van der Waals surface area (Å²) in [5.41, 5.74) is 43.1. The van der Waals surface area contributed by atoms with Crippen molar-refractivity contribution in [2.45, 2.75) is 0 Å². The zero-order valence-electron chi connectivity index (χ0n) is 82.3. The lowest BCUT2D eigenvalue weighted by molar-refractivity contribution is 1.18. The van der Waals surface area contributed by atoms with E-state index in [0.29, 0.717) is 0 Å². The van der Waals surface area contributed by atoms with Gasteiger partial charge >= 0.3 is 0 Å². The minimum atomic E-state index is 1.12. The van der Waals surface area contributed by atoms with Gasteiger partial charge in [0, 0.05) is 99.4 Å². The molecule has 0 fully saturated rings. The SMILES string of the molecule is c1ccc(-c2ccc(-c3ccc(-n4c5ccccc5c5c(-c6ccc7c(c6)c6ccccc6n7-c6ccccc6)cccc54)cc3)cc2)cc1.c1ccc(-c2ccc(-n3c4ccc(-c5ccccc5)cc4c4cc(-c5ccc(N(c6ccccc6)c6ccccc6)cc5)ccc43)cc2)cc1.c1ccc(-c2cccc(-n3c4ccc(-c5ccccc5)cc4c4cc(-c5ccc6c(c5)c5ccccc5n6-c5ccccc5)ccc43)c2)cc1. The van der Waals surface area contributed by atoms with Crippen LogP contribution < -0.4 is 4.90 Å². The van der Waals surface area contributed by atoms with Gasteiger partial charge in [0.15, 0.2) is 0 Å². The lowest BCUT2D eigenvalue weighted by Crippen LogP contribution is -2.09. The van der Waals surface area contributed by atoms with Crippen molar-refractivity contribution < 1.29 is 0 Å².